The van der Waals surface area contributed by atoms with Crippen LogP contribution in [0.1, 0.15) is 40.2 Å². The summed E-state index contributed by atoms with van der Waals surface area (Å²) in [6, 6.07) is 27.0. The van der Waals surface area contributed by atoms with Crippen LogP contribution in [0.4, 0.5) is 0 Å². The highest BCUT2D eigenvalue weighted by Gasteiger charge is 2.25. The Bertz CT molecular complexity index is 937. The molecule has 1 heterocycles. The summed E-state index contributed by atoms with van der Waals surface area (Å²) in [5.74, 6) is -0.859. The second-order valence-corrected chi connectivity index (χ2v) is 7.49. The Kier molecular flexibility index (Phi) is 5.54. The molecule has 0 bridgehead atoms. The largest absolute Gasteiger partial charge is 0.481 e. The topological polar surface area (TPSA) is 40.5 Å². The van der Waals surface area contributed by atoms with Gasteiger partial charge in [0.2, 0.25) is 0 Å². The second kappa shape index (κ2) is 8.41. The lowest BCUT2D eigenvalue weighted by Gasteiger charge is -2.32. The van der Waals surface area contributed by atoms with Gasteiger partial charge in [0.15, 0.2) is 0 Å². The van der Waals surface area contributed by atoms with Crippen LogP contribution in [-0.2, 0) is 24.3 Å². The van der Waals surface area contributed by atoms with E-state index >= 15 is 0 Å². The minimum absolute atomic E-state index is 0.102. The van der Waals surface area contributed by atoms with Crippen molar-refractivity contribution >= 4 is 5.97 Å². The highest BCUT2D eigenvalue weighted by atomic mass is 16.4. The number of fused-ring (bicyclic) bond motifs is 1. The fourth-order valence-corrected chi connectivity index (χ4v) is 4.27. The van der Waals surface area contributed by atoms with Crippen molar-refractivity contribution in [3.63, 3.8) is 0 Å². The molecular weight excluding hydrogens is 346 g/mol. The van der Waals surface area contributed by atoms with E-state index in [1.807, 2.05) is 36.4 Å². The van der Waals surface area contributed by atoms with Gasteiger partial charge in [-0.1, -0.05) is 78.9 Å². The predicted molar refractivity (Wildman–Crippen MR) is 111 cm³/mol. The molecule has 142 valence electrons. The molecule has 28 heavy (non-hydrogen) atoms. The molecule has 0 saturated carbocycles. The highest BCUT2D eigenvalue weighted by Crippen LogP contribution is 2.34. The third kappa shape index (κ3) is 4.15. The molecule has 3 aromatic rings. The van der Waals surface area contributed by atoms with Crippen LogP contribution in [0.3, 0.4) is 0 Å². The van der Waals surface area contributed by atoms with E-state index in [9.17, 15) is 9.90 Å². The van der Waals surface area contributed by atoms with Gasteiger partial charge >= 0.3 is 5.97 Å². The van der Waals surface area contributed by atoms with Crippen molar-refractivity contribution in [3.8, 4) is 0 Å². The number of carbonyl (C=O) groups is 1. The van der Waals surface area contributed by atoms with Gasteiger partial charge in [0.1, 0.15) is 0 Å². The zero-order valence-corrected chi connectivity index (χ0v) is 15.9. The number of carboxylic acids is 1. The first-order chi connectivity index (χ1) is 13.7. The van der Waals surface area contributed by atoms with Crippen LogP contribution in [0.2, 0.25) is 0 Å². The van der Waals surface area contributed by atoms with Gasteiger partial charge in [-0.3, -0.25) is 9.69 Å². The second-order valence-electron chi connectivity index (χ2n) is 7.49. The summed E-state index contributed by atoms with van der Waals surface area (Å²) in [6.45, 7) is 2.85. The van der Waals surface area contributed by atoms with Gasteiger partial charge < -0.3 is 5.11 Å². The summed E-state index contributed by atoms with van der Waals surface area (Å²) < 4.78 is 0. The lowest BCUT2D eigenvalue weighted by atomic mass is 9.82. The summed E-state index contributed by atoms with van der Waals surface area (Å²) in [5, 5.41) is 9.51. The van der Waals surface area contributed by atoms with Crippen molar-refractivity contribution in [3.05, 3.63) is 107 Å². The number of hydrogen-bond donors (Lipinski definition) is 1. The number of rotatable bonds is 6. The van der Waals surface area contributed by atoms with Crippen LogP contribution in [0.5, 0.6) is 0 Å². The molecule has 1 N–H and O–H groups in total. The maximum absolute atomic E-state index is 11.6. The number of nitrogens with zero attached hydrogens (tertiary/aromatic N) is 1. The summed E-state index contributed by atoms with van der Waals surface area (Å²) in [7, 11) is 0. The summed E-state index contributed by atoms with van der Waals surface area (Å²) >= 11 is 0. The quantitative estimate of drug-likeness (QED) is 0.673. The smallest absolute Gasteiger partial charge is 0.304 e. The van der Waals surface area contributed by atoms with Crippen molar-refractivity contribution in [2.24, 2.45) is 0 Å². The third-order valence-electron chi connectivity index (χ3n) is 5.59. The van der Waals surface area contributed by atoms with E-state index in [2.05, 4.69) is 47.4 Å². The molecule has 1 atom stereocenters. The molecule has 3 nitrogen and oxygen atoms in total. The Balaban J connectivity index is 1.62. The van der Waals surface area contributed by atoms with Crippen LogP contribution in [0, 0.1) is 0 Å². The van der Waals surface area contributed by atoms with Crippen molar-refractivity contribution in [2.45, 2.75) is 31.8 Å². The SMILES string of the molecule is O=C(O)CC(c1ccccc1)c1cccc2c1CCN(Cc1ccccc1)C2. The summed E-state index contributed by atoms with van der Waals surface area (Å²) in [4.78, 5) is 14.0. The van der Waals surface area contributed by atoms with Crippen molar-refractivity contribution in [1.29, 1.82) is 0 Å². The molecule has 1 unspecified atom stereocenters. The third-order valence-corrected chi connectivity index (χ3v) is 5.59. The van der Waals surface area contributed by atoms with Crippen LogP contribution >= 0.6 is 0 Å². The first kappa shape index (κ1) is 18.5. The molecular formula is C25H25NO2. The van der Waals surface area contributed by atoms with Crippen molar-refractivity contribution in [2.75, 3.05) is 6.54 Å². The molecule has 1 aliphatic rings. The number of aliphatic carboxylic acids is 1. The highest BCUT2D eigenvalue weighted by molar-refractivity contribution is 5.69. The fourth-order valence-electron chi connectivity index (χ4n) is 4.27. The molecule has 3 heteroatoms. The Morgan fingerprint density at radius 3 is 2.36 bits per heavy atom. The van der Waals surface area contributed by atoms with Crippen LogP contribution < -0.4 is 0 Å². The maximum Gasteiger partial charge on any atom is 0.304 e. The normalized spacial score (nSPS) is 15.0. The minimum atomic E-state index is -0.757. The minimum Gasteiger partial charge on any atom is -0.481 e. The molecule has 4 rings (SSSR count). The van der Waals surface area contributed by atoms with Crippen LogP contribution in [-0.4, -0.2) is 22.5 Å². The zero-order chi connectivity index (χ0) is 19.3. The van der Waals surface area contributed by atoms with Gasteiger partial charge in [-0.25, -0.2) is 0 Å². The number of benzene rings is 3. The molecule has 0 amide bonds. The van der Waals surface area contributed by atoms with Gasteiger partial charge in [-0.2, -0.15) is 0 Å². The Morgan fingerprint density at radius 1 is 0.929 bits per heavy atom. The molecule has 1 aliphatic heterocycles. The molecule has 0 saturated heterocycles. The molecule has 0 aliphatic carbocycles. The molecule has 0 aromatic heterocycles. The van der Waals surface area contributed by atoms with E-state index in [0.717, 1.165) is 31.6 Å². The van der Waals surface area contributed by atoms with E-state index in [1.165, 1.54) is 22.3 Å². The van der Waals surface area contributed by atoms with E-state index < -0.39 is 5.97 Å². The Labute approximate surface area is 166 Å². The van der Waals surface area contributed by atoms with Crippen LogP contribution in [0.25, 0.3) is 0 Å². The summed E-state index contributed by atoms with van der Waals surface area (Å²) in [6.07, 6.45) is 1.08. The Hall–Kier alpha value is -2.91. The molecule has 0 spiro atoms. The van der Waals surface area contributed by atoms with E-state index in [-0.39, 0.29) is 12.3 Å². The van der Waals surface area contributed by atoms with E-state index in [1.54, 1.807) is 0 Å². The van der Waals surface area contributed by atoms with E-state index in [4.69, 9.17) is 0 Å². The molecule has 3 aromatic carbocycles. The van der Waals surface area contributed by atoms with Gasteiger partial charge in [0, 0.05) is 25.6 Å². The molecule has 0 radical (unpaired) electrons. The van der Waals surface area contributed by atoms with Gasteiger partial charge in [-0.15, -0.1) is 0 Å². The van der Waals surface area contributed by atoms with Gasteiger partial charge in [0.25, 0.3) is 0 Å². The summed E-state index contributed by atoms with van der Waals surface area (Å²) in [5.41, 5.74) is 6.23. The Morgan fingerprint density at radius 2 is 1.64 bits per heavy atom. The number of hydrogen-bond acceptors (Lipinski definition) is 2. The van der Waals surface area contributed by atoms with E-state index in [0.29, 0.717) is 0 Å². The molecule has 0 fully saturated rings. The van der Waals surface area contributed by atoms with Crippen LogP contribution in [0.15, 0.2) is 78.9 Å². The average molecular weight is 371 g/mol. The lowest BCUT2D eigenvalue weighted by molar-refractivity contribution is -0.137. The number of carboxylic acid groups (broad SMARTS) is 1. The average Bonchev–Trinajstić information content (AvgIpc) is 2.73. The first-order valence-corrected chi connectivity index (χ1v) is 9.84. The predicted octanol–water partition coefficient (Wildman–Crippen LogP) is 4.85. The fraction of sp³-hybridized carbons (Fsp3) is 0.240. The first-order valence-electron chi connectivity index (χ1n) is 9.84. The van der Waals surface area contributed by atoms with Gasteiger partial charge in [0.05, 0.1) is 6.42 Å². The van der Waals surface area contributed by atoms with Crippen molar-refractivity contribution in [1.82, 2.24) is 4.90 Å². The van der Waals surface area contributed by atoms with Gasteiger partial charge in [-0.05, 0) is 34.2 Å². The standard InChI is InChI=1S/C25H25NO2/c27-25(28)16-24(20-10-5-2-6-11-20)23-13-7-12-21-18-26(15-14-22(21)23)17-19-8-3-1-4-9-19/h1-13,24H,14-18H2,(H,27,28). The maximum atomic E-state index is 11.6. The van der Waals surface area contributed by atoms with Crippen molar-refractivity contribution < 1.29 is 9.90 Å². The zero-order valence-electron chi connectivity index (χ0n) is 15.9. The monoisotopic (exact) mass is 371 g/mol. The lowest BCUT2D eigenvalue weighted by Crippen LogP contribution is -2.31.